The zero-order valence-electron chi connectivity index (χ0n) is 15.9. The van der Waals surface area contributed by atoms with Crippen LogP contribution in [-0.2, 0) is 14.9 Å². The third kappa shape index (κ3) is 3.13. The first-order chi connectivity index (χ1) is 12.7. The molecule has 3 aliphatic rings. The molecule has 1 saturated heterocycles. The number of rotatable bonds is 3. The summed E-state index contributed by atoms with van der Waals surface area (Å²) >= 11 is 0. The van der Waals surface area contributed by atoms with Crippen molar-refractivity contribution in [3.05, 3.63) is 29.8 Å². The summed E-state index contributed by atoms with van der Waals surface area (Å²) in [6, 6.07) is 8.51. The molecule has 4 heteroatoms. The van der Waals surface area contributed by atoms with Gasteiger partial charge in [0, 0.05) is 6.54 Å². The molecule has 0 radical (unpaired) electrons. The Balaban J connectivity index is 1.65. The van der Waals surface area contributed by atoms with Crippen molar-refractivity contribution in [1.29, 1.82) is 0 Å². The first-order valence-corrected chi connectivity index (χ1v) is 10.3. The van der Waals surface area contributed by atoms with Crippen molar-refractivity contribution in [3.63, 3.8) is 0 Å². The van der Waals surface area contributed by atoms with Gasteiger partial charge in [-0.05, 0) is 43.4 Å². The fourth-order valence-electron chi connectivity index (χ4n) is 5.31. The third-order valence-electron chi connectivity index (χ3n) is 6.75. The highest BCUT2D eigenvalue weighted by atomic mass is 16.5. The minimum Gasteiger partial charge on any atom is -0.497 e. The predicted molar refractivity (Wildman–Crippen MR) is 101 cm³/mol. The molecule has 4 nitrogen and oxygen atoms in total. The molecule has 0 spiro atoms. The zero-order valence-corrected chi connectivity index (χ0v) is 15.9. The lowest BCUT2D eigenvalue weighted by molar-refractivity contribution is -0.157. The Labute approximate surface area is 156 Å². The van der Waals surface area contributed by atoms with Crippen LogP contribution >= 0.6 is 0 Å². The minimum atomic E-state index is -0.357. The number of hydrogen-bond acceptors (Lipinski definition) is 3. The van der Waals surface area contributed by atoms with Crippen molar-refractivity contribution in [2.24, 2.45) is 0 Å². The lowest BCUT2D eigenvalue weighted by Crippen LogP contribution is -2.59. The van der Waals surface area contributed by atoms with E-state index >= 15 is 0 Å². The SMILES string of the molecule is COc1ccc(C2(C(=O)N3CCOC4CCCCC43)CCCCC2)cc1. The van der Waals surface area contributed by atoms with Gasteiger partial charge in [0.1, 0.15) is 5.75 Å². The third-order valence-corrected chi connectivity index (χ3v) is 6.75. The number of methoxy groups -OCH3 is 1. The Hall–Kier alpha value is -1.55. The van der Waals surface area contributed by atoms with Crippen LogP contribution in [0.3, 0.4) is 0 Å². The number of fused-ring (bicyclic) bond motifs is 1. The van der Waals surface area contributed by atoms with Gasteiger partial charge in [-0.15, -0.1) is 0 Å². The summed E-state index contributed by atoms with van der Waals surface area (Å²) in [6.45, 7) is 1.43. The summed E-state index contributed by atoms with van der Waals surface area (Å²) in [4.78, 5) is 16.1. The Bertz CT molecular complexity index is 619. The van der Waals surface area contributed by atoms with E-state index in [1.54, 1.807) is 7.11 Å². The first kappa shape index (κ1) is 17.8. The topological polar surface area (TPSA) is 38.8 Å². The second-order valence-corrected chi connectivity index (χ2v) is 8.13. The molecule has 2 atom stereocenters. The minimum absolute atomic E-state index is 0.248. The van der Waals surface area contributed by atoms with E-state index in [0.717, 1.165) is 50.8 Å². The molecule has 2 aliphatic carbocycles. The van der Waals surface area contributed by atoms with Crippen molar-refractivity contribution in [1.82, 2.24) is 4.90 Å². The quantitative estimate of drug-likeness (QED) is 0.819. The maximum atomic E-state index is 13.9. The number of benzene rings is 1. The van der Waals surface area contributed by atoms with Gasteiger partial charge in [-0.25, -0.2) is 0 Å². The van der Waals surface area contributed by atoms with Crippen molar-refractivity contribution in [2.75, 3.05) is 20.3 Å². The van der Waals surface area contributed by atoms with E-state index in [0.29, 0.717) is 12.5 Å². The van der Waals surface area contributed by atoms with Crippen molar-refractivity contribution in [2.45, 2.75) is 75.3 Å². The molecule has 1 aromatic rings. The average Bonchev–Trinajstić information content (AvgIpc) is 2.73. The van der Waals surface area contributed by atoms with E-state index in [2.05, 4.69) is 17.0 Å². The lowest BCUT2D eigenvalue weighted by atomic mass is 9.68. The molecule has 4 rings (SSSR count). The lowest BCUT2D eigenvalue weighted by Gasteiger charge is -2.48. The van der Waals surface area contributed by atoms with Gasteiger partial charge in [0.2, 0.25) is 5.91 Å². The largest absolute Gasteiger partial charge is 0.497 e. The van der Waals surface area contributed by atoms with E-state index in [1.165, 1.54) is 24.8 Å². The summed E-state index contributed by atoms with van der Waals surface area (Å²) in [5, 5.41) is 0. The van der Waals surface area contributed by atoms with Crippen LogP contribution in [0.15, 0.2) is 24.3 Å². The zero-order chi connectivity index (χ0) is 18.0. The van der Waals surface area contributed by atoms with Gasteiger partial charge in [0.15, 0.2) is 0 Å². The standard InChI is InChI=1S/C22H31NO3/c1-25-18-11-9-17(10-12-18)22(13-5-2-6-14-22)21(24)23-15-16-26-20-8-4-3-7-19(20)23/h9-12,19-20H,2-8,13-16H2,1H3. The van der Waals surface area contributed by atoms with Gasteiger partial charge in [-0.3, -0.25) is 4.79 Å². The molecule has 2 unspecified atom stereocenters. The van der Waals surface area contributed by atoms with Crippen LogP contribution in [0.2, 0.25) is 0 Å². The average molecular weight is 357 g/mol. The molecule has 142 valence electrons. The van der Waals surface area contributed by atoms with Crippen molar-refractivity contribution < 1.29 is 14.3 Å². The molecule has 1 aliphatic heterocycles. The number of ether oxygens (including phenoxy) is 2. The summed E-state index contributed by atoms with van der Waals surface area (Å²) in [5.41, 5.74) is 0.811. The highest BCUT2D eigenvalue weighted by Gasteiger charge is 2.47. The van der Waals surface area contributed by atoms with Crippen molar-refractivity contribution in [3.8, 4) is 5.75 Å². The molecule has 2 saturated carbocycles. The van der Waals surface area contributed by atoms with Gasteiger partial charge >= 0.3 is 0 Å². The molecule has 1 heterocycles. The second kappa shape index (κ2) is 7.59. The maximum absolute atomic E-state index is 13.9. The fourth-order valence-corrected chi connectivity index (χ4v) is 5.31. The molecule has 26 heavy (non-hydrogen) atoms. The number of carbonyl (C=O) groups is 1. The first-order valence-electron chi connectivity index (χ1n) is 10.3. The van der Waals surface area contributed by atoms with E-state index < -0.39 is 0 Å². The molecule has 0 bridgehead atoms. The number of carbonyl (C=O) groups excluding carboxylic acids is 1. The van der Waals surface area contributed by atoms with E-state index in [4.69, 9.17) is 9.47 Å². The number of nitrogens with zero attached hydrogens (tertiary/aromatic N) is 1. The van der Waals surface area contributed by atoms with Crippen LogP contribution < -0.4 is 4.74 Å². The second-order valence-electron chi connectivity index (χ2n) is 8.13. The molecule has 0 aromatic heterocycles. The molecule has 1 amide bonds. The fraction of sp³-hybridized carbons (Fsp3) is 0.682. The molecule has 1 aromatic carbocycles. The molecular formula is C22H31NO3. The summed E-state index contributed by atoms with van der Waals surface area (Å²) in [5.74, 6) is 1.20. The van der Waals surface area contributed by atoms with E-state index in [9.17, 15) is 4.79 Å². The van der Waals surface area contributed by atoms with Crippen LogP contribution in [0.25, 0.3) is 0 Å². The Morgan fingerprint density at radius 2 is 1.81 bits per heavy atom. The number of hydrogen-bond donors (Lipinski definition) is 0. The smallest absolute Gasteiger partial charge is 0.233 e. The van der Waals surface area contributed by atoms with Crippen molar-refractivity contribution >= 4 is 5.91 Å². The monoisotopic (exact) mass is 357 g/mol. The van der Waals surface area contributed by atoms with Crippen LogP contribution in [-0.4, -0.2) is 43.2 Å². The molecular weight excluding hydrogens is 326 g/mol. The molecule has 3 fully saturated rings. The normalized spacial score (nSPS) is 28.3. The van der Waals surface area contributed by atoms with Crippen LogP contribution in [0.4, 0.5) is 0 Å². The van der Waals surface area contributed by atoms with Crippen LogP contribution in [0, 0.1) is 0 Å². The Morgan fingerprint density at radius 3 is 2.54 bits per heavy atom. The van der Waals surface area contributed by atoms with Gasteiger partial charge in [0.25, 0.3) is 0 Å². The number of morpholine rings is 1. The number of amides is 1. The highest BCUT2D eigenvalue weighted by Crippen LogP contribution is 2.43. The van der Waals surface area contributed by atoms with E-state index in [-0.39, 0.29) is 17.6 Å². The highest BCUT2D eigenvalue weighted by molar-refractivity contribution is 5.89. The van der Waals surface area contributed by atoms with Gasteiger partial charge in [-0.1, -0.05) is 44.2 Å². The Morgan fingerprint density at radius 1 is 1.08 bits per heavy atom. The summed E-state index contributed by atoms with van der Waals surface area (Å²) in [7, 11) is 1.69. The predicted octanol–water partition coefficient (Wildman–Crippen LogP) is 4.07. The Kier molecular flexibility index (Phi) is 5.21. The maximum Gasteiger partial charge on any atom is 0.233 e. The van der Waals surface area contributed by atoms with Gasteiger partial charge in [-0.2, -0.15) is 0 Å². The summed E-state index contributed by atoms with van der Waals surface area (Å²) < 4.78 is 11.3. The molecule has 0 N–H and O–H groups in total. The van der Waals surface area contributed by atoms with Crippen LogP contribution in [0.5, 0.6) is 5.75 Å². The van der Waals surface area contributed by atoms with Gasteiger partial charge in [0.05, 0.1) is 31.3 Å². The van der Waals surface area contributed by atoms with Crippen LogP contribution in [0.1, 0.15) is 63.4 Å². The summed E-state index contributed by atoms with van der Waals surface area (Å²) in [6.07, 6.45) is 10.3. The van der Waals surface area contributed by atoms with Gasteiger partial charge < -0.3 is 14.4 Å². The van der Waals surface area contributed by atoms with E-state index in [1.807, 2.05) is 12.1 Å².